The molecule has 1 amide bonds. The van der Waals surface area contributed by atoms with Gasteiger partial charge in [-0.1, -0.05) is 72.4 Å². The van der Waals surface area contributed by atoms with E-state index in [2.05, 4.69) is 29.4 Å². The first-order valence-electron chi connectivity index (χ1n) is 12.4. The van der Waals surface area contributed by atoms with Crippen LogP contribution in [-0.4, -0.2) is 23.2 Å². The quantitative estimate of drug-likeness (QED) is 0.206. The molecule has 1 heterocycles. The highest BCUT2D eigenvalue weighted by Gasteiger charge is 2.29. The second-order valence-electron chi connectivity index (χ2n) is 9.31. The zero-order valence-corrected chi connectivity index (χ0v) is 23.1. The number of ketones is 1. The third kappa shape index (κ3) is 6.38. The van der Waals surface area contributed by atoms with Gasteiger partial charge in [-0.25, -0.2) is 0 Å². The van der Waals surface area contributed by atoms with Crippen LogP contribution in [0, 0.1) is 0 Å². The van der Waals surface area contributed by atoms with Gasteiger partial charge in [0, 0.05) is 46.1 Å². The van der Waals surface area contributed by atoms with Crippen LogP contribution in [0.1, 0.15) is 72.0 Å². The largest absolute Gasteiger partial charge is 0.360 e. The Bertz CT molecular complexity index is 1400. The topological polar surface area (TPSA) is 62.0 Å². The highest BCUT2D eigenvalue weighted by molar-refractivity contribution is 6.38. The monoisotopic (exact) mass is 554 g/mol. The molecule has 2 unspecified atom stereocenters. The minimum atomic E-state index is -0.185. The number of amides is 1. The Morgan fingerprint density at radius 2 is 1.59 bits per heavy atom. The molecule has 37 heavy (non-hydrogen) atoms. The number of carbonyl (C=O) groups is 2. The summed E-state index contributed by atoms with van der Waals surface area (Å²) >= 11 is 19.2. The number of hydrogen-bond acceptors (Lipinski definition) is 2. The number of halogens is 3. The fourth-order valence-electron chi connectivity index (χ4n) is 4.90. The van der Waals surface area contributed by atoms with Gasteiger partial charge in [0.05, 0.1) is 10.5 Å². The zero-order chi connectivity index (χ0) is 26.5. The molecule has 1 aromatic heterocycles. The molecule has 4 rings (SSSR count). The fraction of sp³-hybridized carbons (Fsp3) is 0.267. The predicted octanol–water partition coefficient (Wildman–Crippen LogP) is 8.55. The van der Waals surface area contributed by atoms with Gasteiger partial charge in [-0.2, -0.15) is 0 Å². The summed E-state index contributed by atoms with van der Waals surface area (Å²) in [5.41, 5.74) is 4.78. The number of benzene rings is 3. The minimum absolute atomic E-state index is 0.00394. The molecular weight excluding hydrogens is 527 g/mol. The van der Waals surface area contributed by atoms with Crippen molar-refractivity contribution in [3.8, 4) is 0 Å². The van der Waals surface area contributed by atoms with Crippen molar-refractivity contribution in [3.63, 3.8) is 0 Å². The maximum atomic E-state index is 12.6. The fourth-order valence-corrected chi connectivity index (χ4v) is 5.58. The first-order valence-corrected chi connectivity index (χ1v) is 13.5. The van der Waals surface area contributed by atoms with E-state index in [0.29, 0.717) is 33.6 Å². The number of carbonyl (C=O) groups excluding carboxylic acids is 2. The number of aromatic nitrogens is 1. The lowest BCUT2D eigenvalue weighted by atomic mass is 9.75. The lowest BCUT2D eigenvalue weighted by Crippen LogP contribution is -2.25. The smallest absolute Gasteiger partial charge is 0.251 e. The molecule has 0 bridgehead atoms. The first kappa shape index (κ1) is 27.3. The van der Waals surface area contributed by atoms with E-state index in [4.69, 9.17) is 34.8 Å². The summed E-state index contributed by atoms with van der Waals surface area (Å²) in [7, 11) is 0. The molecule has 0 aliphatic rings. The summed E-state index contributed by atoms with van der Waals surface area (Å²) < 4.78 is 0. The molecule has 0 radical (unpaired) electrons. The van der Waals surface area contributed by atoms with Crippen LogP contribution in [0.3, 0.4) is 0 Å². The number of aromatic amines is 1. The van der Waals surface area contributed by atoms with Gasteiger partial charge in [-0.05, 0) is 72.4 Å². The highest BCUT2D eigenvalue weighted by atomic mass is 35.5. The number of Topliss-reactive ketones (excluding diaryl/α,β-unsaturated/α-hetero) is 1. The Kier molecular flexibility index (Phi) is 8.96. The van der Waals surface area contributed by atoms with Crippen LogP contribution in [-0.2, 0) is 4.79 Å². The molecular formula is C30H29Cl3N2O2. The van der Waals surface area contributed by atoms with E-state index >= 15 is 0 Å². The van der Waals surface area contributed by atoms with Gasteiger partial charge in [0.25, 0.3) is 5.91 Å². The zero-order valence-electron chi connectivity index (χ0n) is 20.8. The van der Waals surface area contributed by atoms with Crippen LogP contribution < -0.4 is 5.32 Å². The van der Waals surface area contributed by atoms with Gasteiger partial charge in [0.2, 0.25) is 0 Å². The Labute approximate surface area is 232 Å². The third-order valence-corrected chi connectivity index (χ3v) is 7.44. The van der Waals surface area contributed by atoms with Crippen molar-refractivity contribution in [2.75, 3.05) is 6.54 Å². The van der Waals surface area contributed by atoms with Crippen LogP contribution in [0.4, 0.5) is 0 Å². The van der Waals surface area contributed by atoms with E-state index in [1.54, 1.807) is 6.07 Å². The van der Waals surface area contributed by atoms with E-state index in [1.807, 2.05) is 48.7 Å². The van der Waals surface area contributed by atoms with E-state index in [-0.39, 0.29) is 23.5 Å². The predicted molar refractivity (Wildman–Crippen MR) is 153 cm³/mol. The third-order valence-electron chi connectivity index (χ3n) is 6.67. The van der Waals surface area contributed by atoms with E-state index in [1.165, 1.54) is 6.92 Å². The maximum Gasteiger partial charge on any atom is 0.251 e. The summed E-state index contributed by atoms with van der Waals surface area (Å²) in [6.45, 7) is 4.02. The molecule has 2 atom stereocenters. The molecule has 3 aromatic carbocycles. The molecule has 0 saturated carbocycles. The number of hydrogen-bond donors (Lipinski definition) is 2. The summed E-state index contributed by atoms with van der Waals surface area (Å²) in [4.78, 5) is 27.1. The highest BCUT2D eigenvalue weighted by Crippen LogP contribution is 2.45. The van der Waals surface area contributed by atoms with E-state index in [9.17, 15) is 9.59 Å². The van der Waals surface area contributed by atoms with E-state index in [0.717, 1.165) is 40.4 Å². The number of H-pyrrole nitrogens is 1. The van der Waals surface area contributed by atoms with Crippen molar-refractivity contribution in [1.29, 1.82) is 0 Å². The SMILES string of the molecule is CCCC(c1ccc(C(=O)NCCC(C)=O)cc1)C(c1ccc(Cl)cc1)c1c[nH]c2c(Cl)cc(Cl)cc12. The number of nitrogens with one attached hydrogen (secondary N) is 2. The molecule has 0 saturated heterocycles. The summed E-state index contributed by atoms with van der Waals surface area (Å²) in [5, 5.41) is 5.64. The maximum absolute atomic E-state index is 12.6. The van der Waals surface area contributed by atoms with Crippen LogP contribution in [0.25, 0.3) is 10.9 Å². The van der Waals surface area contributed by atoms with Crippen molar-refractivity contribution in [3.05, 3.63) is 104 Å². The van der Waals surface area contributed by atoms with Gasteiger partial charge in [0.1, 0.15) is 5.78 Å². The Morgan fingerprint density at radius 1 is 0.919 bits per heavy atom. The van der Waals surface area contributed by atoms with Crippen LogP contribution in [0.15, 0.2) is 66.9 Å². The summed E-state index contributed by atoms with van der Waals surface area (Å²) in [6.07, 6.45) is 4.25. The summed E-state index contributed by atoms with van der Waals surface area (Å²) in [6, 6.07) is 19.4. The lowest BCUT2D eigenvalue weighted by Gasteiger charge is -2.28. The second kappa shape index (κ2) is 12.2. The Morgan fingerprint density at radius 3 is 2.24 bits per heavy atom. The normalized spacial score (nSPS) is 12.9. The van der Waals surface area contributed by atoms with Crippen LogP contribution in [0.5, 0.6) is 0 Å². The van der Waals surface area contributed by atoms with Gasteiger partial charge in [0.15, 0.2) is 0 Å². The molecule has 0 fully saturated rings. The standard InChI is InChI=1S/C30H29Cl3N2O2/c1-3-4-24(19-5-7-21(8-6-19)30(37)34-14-13-18(2)36)28(20-9-11-22(31)12-10-20)26-17-35-29-25(26)15-23(32)16-27(29)33/h5-12,15-17,24,28,35H,3-4,13-14H2,1-2H3,(H,34,37). The molecule has 4 nitrogen and oxygen atoms in total. The van der Waals surface area contributed by atoms with Gasteiger partial charge < -0.3 is 10.3 Å². The van der Waals surface area contributed by atoms with Gasteiger partial charge in [-0.15, -0.1) is 0 Å². The molecule has 192 valence electrons. The summed E-state index contributed by atoms with van der Waals surface area (Å²) in [5.74, 6) is -0.0188. The molecule has 4 aromatic rings. The van der Waals surface area contributed by atoms with Crippen molar-refractivity contribution in [2.45, 2.75) is 44.9 Å². The molecule has 2 N–H and O–H groups in total. The average Bonchev–Trinajstić information content (AvgIpc) is 3.28. The van der Waals surface area contributed by atoms with Gasteiger partial charge >= 0.3 is 0 Å². The van der Waals surface area contributed by atoms with Crippen LogP contribution in [0.2, 0.25) is 15.1 Å². The van der Waals surface area contributed by atoms with Gasteiger partial charge in [-0.3, -0.25) is 9.59 Å². The van der Waals surface area contributed by atoms with Crippen LogP contribution >= 0.6 is 34.8 Å². The molecule has 0 aliphatic heterocycles. The van der Waals surface area contributed by atoms with E-state index < -0.39 is 0 Å². The molecule has 7 heteroatoms. The molecule has 0 aliphatic carbocycles. The Hall–Kier alpha value is -2.79. The number of rotatable bonds is 10. The van der Waals surface area contributed by atoms with Crippen molar-refractivity contribution >= 4 is 57.4 Å². The average molecular weight is 556 g/mol. The Balaban J connectivity index is 1.76. The molecule has 0 spiro atoms. The minimum Gasteiger partial charge on any atom is -0.360 e. The van der Waals surface area contributed by atoms with Crippen molar-refractivity contribution < 1.29 is 9.59 Å². The van der Waals surface area contributed by atoms with Crippen molar-refractivity contribution in [1.82, 2.24) is 10.3 Å². The van der Waals surface area contributed by atoms with Crippen molar-refractivity contribution in [2.24, 2.45) is 0 Å². The lowest BCUT2D eigenvalue weighted by molar-refractivity contribution is -0.116. The first-order chi connectivity index (χ1) is 17.8. The number of fused-ring (bicyclic) bond motifs is 1. The second-order valence-corrected chi connectivity index (χ2v) is 10.6.